The van der Waals surface area contributed by atoms with Crippen LogP contribution in [0.15, 0.2) is 23.3 Å². The SMILES string of the molecule is C/C=C/C(=O)C1C(CC)=C(C)CCC1C. The molecule has 2 atom stereocenters. The maximum atomic E-state index is 12.0. The first kappa shape index (κ1) is 12.2. The van der Waals surface area contributed by atoms with Gasteiger partial charge in [0.2, 0.25) is 0 Å². The zero-order chi connectivity index (χ0) is 11.4. The van der Waals surface area contributed by atoms with Gasteiger partial charge in [0.25, 0.3) is 0 Å². The summed E-state index contributed by atoms with van der Waals surface area (Å²) in [5.74, 6) is 0.952. The van der Waals surface area contributed by atoms with Gasteiger partial charge in [0.05, 0.1) is 0 Å². The number of hydrogen-bond acceptors (Lipinski definition) is 1. The van der Waals surface area contributed by atoms with Crippen LogP contribution in [0.5, 0.6) is 0 Å². The van der Waals surface area contributed by atoms with Crippen molar-refractivity contribution in [1.29, 1.82) is 0 Å². The van der Waals surface area contributed by atoms with E-state index in [4.69, 9.17) is 0 Å². The zero-order valence-corrected chi connectivity index (χ0v) is 10.3. The van der Waals surface area contributed by atoms with Gasteiger partial charge in [-0.25, -0.2) is 0 Å². The van der Waals surface area contributed by atoms with Crippen molar-refractivity contribution in [3.05, 3.63) is 23.3 Å². The number of allylic oxidation sites excluding steroid dienone is 4. The summed E-state index contributed by atoms with van der Waals surface area (Å²) >= 11 is 0. The lowest BCUT2D eigenvalue weighted by atomic mass is 9.73. The summed E-state index contributed by atoms with van der Waals surface area (Å²) < 4.78 is 0. The highest BCUT2D eigenvalue weighted by Gasteiger charge is 2.30. The number of carbonyl (C=O) groups is 1. The van der Waals surface area contributed by atoms with E-state index in [9.17, 15) is 4.79 Å². The van der Waals surface area contributed by atoms with Crippen LogP contribution in [-0.4, -0.2) is 5.78 Å². The van der Waals surface area contributed by atoms with Gasteiger partial charge in [-0.05, 0) is 45.1 Å². The Kier molecular flexibility index (Phi) is 4.31. The first-order valence-electron chi connectivity index (χ1n) is 5.96. The van der Waals surface area contributed by atoms with Gasteiger partial charge in [-0.15, -0.1) is 0 Å². The van der Waals surface area contributed by atoms with Gasteiger partial charge < -0.3 is 0 Å². The molecule has 0 bridgehead atoms. The molecule has 0 aromatic carbocycles. The molecule has 15 heavy (non-hydrogen) atoms. The average Bonchev–Trinajstić information content (AvgIpc) is 2.21. The lowest BCUT2D eigenvalue weighted by molar-refractivity contribution is -0.118. The molecule has 0 fully saturated rings. The van der Waals surface area contributed by atoms with Crippen molar-refractivity contribution in [3.63, 3.8) is 0 Å². The molecule has 0 heterocycles. The van der Waals surface area contributed by atoms with Crippen molar-refractivity contribution in [2.24, 2.45) is 11.8 Å². The minimum absolute atomic E-state index is 0.153. The summed E-state index contributed by atoms with van der Waals surface area (Å²) in [4.78, 5) is 12.0. The summed E-state index contributed by atoms with van der Waals surface area (Å²) in [6.07, 6.45) is 6.93. The van der Waals surface area contributed by atoms with Crippen molar-refractivity contribution in [2.45, 2.75) is 47.0 Å². The largest absolute Gasteiger partial charge is 0.294 e. The maximum Gasteiger partial charge on any atom is 0.162 e. The van der Waals surface area contributed by atoms with E-state index in [-0.39, 0.29) is 5.92 Å². The van der Waals surface area contributed by atoms with Crippen molar-refractivity contribution < 1.29 is 4.79 Å². The fraction of sp³-hybridized carbons (Fsp3) is 0.643. The summed E-state index contributed by atoms with van der Waals surface area (Å²) in [5, 5.41) is 0. The molecule has 0 N–H and O–H groups in total. The summed E-state index contributed by atoms with van der Waals surface area (Å²) in [5.41, 5.74) is 2.83. The normalized spacial score (nSPS) is 27.5. The Morgan fingerprint density at radius 1 is 1.53 bits per heavy atom. The first-order chi connectivity index (χ1) is 7.11. The molecule has 1 heteroatoms. The van der Waals surface area contributed by atoms with E-state index in [0.717, 1.165) is 12.8 Å². The molecule has 84 valence electrons. The zero-order valence-electron chi connectivity index (χ0n) is 10.3. The van der Waals surface area contributed by atoms with Crippen LogP contribution in [0.3, 0.4) is 0 Å². The van der Waals surface area contributed by atoms with Crippen LogP contribution >= 0.6 is 0 Å². The standard InChI is InChI=1S/C14H22O/c1-5-7-13(15)14-11(4)9-8-10(3)12(14)6-2/h5,7,11,14H,6,8-9H2,1-4H3/b7-5+. The molecule has 0 aliphatic heterocycles. The maximum absolute atomic E-state index is 12.0. The monoisotopic (exact) mass is 206 g/mol. The summed E-state index contributed by atoms with van der Waals surface area (Å²) in [7, 11) is 0. The average molecular weight is 206 g/mol. The van der Waals surface area contributed by atoms with E-state index in [2.05, 4.69) is 20.8 Å². The Balaban J connectivity index is 3.00. The van der Waals surface area contributed by atoms with Crippen LogP contribution in [0, 0.1) is 11.8 Å². The molecule has 2 unspecified atom stereocenters. The smallest absolute Gasteiger partial charge is 0.162 e. The molecule has 0 saturated carbocycles. The van der Waals surface area contributed by atoms with E-state index in [1.807, 2.05) is 13.0 Å². The Bertz CT molecular complexity index is 296. The Hall–Kier alpha value is -0.850. The van der Waals surface area contributed by atoms with Gasteiger partial charge >= 0.3 is 0 Å². The molecular weight excluding hydrogens is 184 g/mol. The third-order valence-corrected chi connectivity index (χ3v) is 3.49. The molecule has 0 amide bonds. The number of rotatable bonds is 3. The minimum atomic E-state index is 0.153. The molecule has 1 nitrogen and oxygen atoms in total. The topological polar surface area (TPSA) is 17.1 Å². The highest BCUT2D eigenvalue weighted by Crippen LogP contribution is 2.36. The molecule has 0 aromatic heterocycles. The van der Waals surface area contributed by atoms with Crippen molar-refractivity contribution >= 4 is 5.78 Å². The van der Waals surface area contributed by atoms with Crippen LogP contribution in [0.4, 0.5) is 0 Å². The first-order valence-corrected chi connectivity index (χ1v) is 5.96. The Morgan fingerprint density at radius 3 is 2.73 bits per heavy atom. The van der Waals surface area contributed by atoms with E-state index < -0.39 is 0 Å². The van der Waals surface area contributed by atoms with Crippen LogP contribution in [0.2, 0.25) is 0 Å². The molecule has 1 aliphatic carbocycles. The molecule has 0 saturated heterocycles. The predicted molar refractivity (Wildman–Crippen MR) is 64.7 cm³/mol. The highest BCUT2D eigenvalue weighted by molar-refractivity contribution is 5.94. The number of hydrogen-bond donors (Lipinski definition) is 0. The van der Waals surface area contributed by atoms with Gasteiger partial charge in [0, 0.05) is 5.92 Å². The Labute approximate surface area is 93.3 Å². The van der Waals surface area contributed by atoms with Gasteiger partial charge in [-0.1, -0.05) is 31.1 Å². The minimum Gasteiger partial charge on any atom is -0.294 e. The van der Waals surface area contributed by atoms with Crippen LogP contribution < -0.4 is 0 Å². The fourth-order valence-corrected chi connectivity index (χ4v) is 2.62. The van der Waals surface area contributed by atoms with Crippen molar-refractivity contribution in [2.75, 3.05) is 0 Å². The van der Waals surface area contributed by atoms with E-state index >= 15 is 0 Å². The Morgan fingerprint density at radius 2 is 2.20 bits per heavy atom. The lowest BCUT2D eigenvalue weighted by Crippen LogP contribution is -2.26. The van der Waals surface area contributed by atoms with E-state index in [0.29, 0.717) is 11.7 Å². The van der Waals surface area contributed by atoms with Crippen molar-refractivity contribution in [1.82, 2.24) is 0 Å². The second-order valence-corrected chi connectivity index (χ2v) is 4.56. The van der Waals surface area contributed by atoms with Crippen molar-refractivity contribution in [3.8, 4) is 0 Å². The molecule has 1 aliphatic rings. The van der Waals surface area contributed by atoms with Gasteiger partial charge in [-0.3, -0.25) is 4.79 Å². The summed E-state index contributed by atoms with van der Waals surface area (Å²) in [6, 6.07) is 0. The quantitative estimate of drug-likeness (QED) is 0.505. The third-order valence-electron chi connectivity index (χ3n) is 3.49. The second-order valence-electron chi connectivity index (χ2n) is 4.56. The second kappa shape index (κ2) is 5.29. The molecular formula is C14H22O. The van der Waals surface area contributed by atoms with Crippen LogP contribution in [0.1, 0.15) is 47.0 Å². The molecule has 0 spiro atoms. The number of carbonyl (C=O) groups excluding carboxylic acids is 1. The lowest BCUT2D eigenvalue weighted by Gasteiger charge is -2.31. The number of ketones is 1. The molecule has 1 rings (SSSR count). The van der Waals surface area contributed by atoms with E-state index in [1.165, 1.54) is 17.6 Å². The summed E-state index contributed by atoms with van der Waals surface area (Å²) in [6.45, 7) is 8.45. The molecule has 0 aromatic rings. The highest BCUT2D eigenvalue weighted by atomic mass is 16.1. The van der Waals surface area contributed by atoms with Crippen LogP contribution in [-0.2, 0) is 4.79 Å². The fourth-order valence-electron chi connectivity index (χ4n) is 2.62. The third kappa shape index (κ3) is 2.58. The van der Waals surface area contributed by atoms with Gasteiger partial charge in [0.15, 0.2) is 5.78 Å². The predicted octanol–water partition coefficient (Wildman–Crippen LogP) is 3.90. The van der Waals surface area contributed by atoms with E-state index in [1.54, 1.807) is 6.08 Å². The van der Waals surface area contributed by atoms with Gasteiger partial charge in [-0.2, -0.15) is 0 Å². The molecule has 0 radical (unpaired) electrons. The van der Waals surface area contributed by atoms with Crippen LogP contribution in [0.25, 0.3) is 0 Å². The van der Waals surface area contributed by atoms with Gasteiger partial charge in [0.1, 0.15) is 0 Å².